The van der Waals surface area contributed by atoms with Crippen LogP contribution in [0.5, 0.6) is 0 Å². The fourth-order valence-corrected chi connectivity index (χ4v) is 2.28. The Morgan fingerprint density at radius 2 is 2.00 bits per heavy atom. The summed E-state index contributed by atoms with van der Waals surface area (Å²) < 4.78 is 26.1. The van der Waals surface area contributed by atoms with E-state index >= 15 is 0 Å². The number of nitrogens with zero attached hydrogens (tertiary/aromatic N) is 2. The lowest BCUT2D eigenvalue weighted by atomic mass is 10.1. The molecule has 1 aliphatic rings. The first kappa shape index (κ1) is 15.4. The summed E-state index contributed by atoms with van der Waals surface area (Å²) >= 11 is 0. The molecule has 114 valence electrons. The summed E-state index contributed by atoms with van der Waals surface area (Å²) in [6, 6.07) is 3.55. The van der Waals surface area contributed by atoms with Gasteiger partial charge in [-0.15, -0.1) is 0 Å². The van der Waals surface area contributed by atoms with Gasteiger partial charge in [-0.1, -0.05) is 13.8 Å². The highest BCUT2D eigenvalue weighted by Crippen LogP contribution is 2.28. The van der Waals surface area contributed by atoms with Crippen LogP contribution in [-0.2, 0) is 0 Å². The van der Waals surface area contributed by atoms with E-state index in [1.807, 2.05) is 19.9 Å². The topological polar surface area (TPSA) is 49.0 Å². The number of carbonyl (C=O) groups excluding carboxylic acids is 1. The number of aromatic amines is 1. The molecule has 1 saturated heterocycles. The van der Waals surface area contributed by atoms with Crippen molar-refractivity contribution < 1.29 is 13.6 Å². The summed E-state index contributed by atoms with van der Waals surface area (Å²) in [5.41, 5.74) is 1.15. The number of aromatic nitrogens is 2. The van der Waals surface area contributed by atoms with Gasteiger partial charge in [0.1, 0.15) is 5.65 Å². The third-order valence-corrected chi connectivity index (χ3v) is 3.43. The first-order valence-corrected chi connectivity index (χ1v) is 7.15. The molecule has 0 unspecified atom stereocenters. The normalized spacial score (nSPS) is 17.2. The van der Waals surface area contributed by atoms with E-state index in [1.54, 1.807) is 12.3 Å². The fraction of sp³-hybridized carbons (Fsp3) is 0.467. The molecule has 3 heterocycles. The first-order chi connectivity index (χ1) is 10.1. The van der Waals surface area contributed by atoms with Gasteiger partial charge in [-0.25, -0.2) is 13.8 Å². The number of likely N-dealkylation sites (tertiary alicyclic amines) is 1. The molecule has 1 amide bonds. The quantitative estimate of drug-likeness (QED) is 0.876. The van der Waals surface area contributed by atoms with Gasteiger partial charge < -0.3 is 9.88 Å². The van der Waals surface area contributed by atoms with Gasteiger partial charge in [0.2, 0.25) is 0 Å². The molecule has 0 radical (unpaired) electrons. The van der Waals surface area contributed by atoms with Crippen LogP contribution < -0.4 is 0 Å². The van der Waals surface area contributed by atoms with Crippen LogP contribution in [0, 0.1) is 0 Å². The number of carbonyl (C=O) groups is 1. The van der Waals surface area contributed by atoms with Crippen molar-refractivity contribution in [2.24, 2.45) is 0 Å². The average molecular weight is 295 g/mol. The van der Waals surface area contributed by atoms with Crippen LogP contribution in [0.25, 0.3) is 11.0 Å². The Balaban J connectivity index is 0.000000774. The summed E-state index contributed by atoms with van der Waals surface area (Å²) in [5, 5.41) is 0.841. The Hall–Kier alpha value is -1.98. The highest BCUT2D eigenvalue weighted by Gasteiger charge is 2.35. The van der Waals surface area contributed by atoms with Crippen molar-refractivity contribution in [2.45, 2.75) is 32.6 Å². The molecular formula is C15H19F2N3O. The van der Waals surface area contributed by atoms with Crippen molar-refractivity contribution in [3.63, 3.8) is 0 Å². The van der Waals surface area contributed by atoms with E-state index in [0.29, 0.717) is 11.2 Å². The number of amides is 1. The van der Waals surface area contributed by atoms with Gasteiger partial charge in [0.15, 0.2) is 0 Å². The van der Waals surface area contributed by atoms with Crippen LogP contribution in [0.15, 0.2) is 24.5 Å². The van der Waals surface area contributed by atoms with E-state index in [-0.39, 0.29) is 31.8 Å². The molecule has 1 fully saturated rings. The van der Waals surface area contributed by atoms with Crippen molar-refractivity contribution in [3.05, 3.63) is 30.1 Å². The molecule has 0 spiro atoms. The van der Waals surface area contributed by atoms with Crippen molar-refractivity contribution in [1.29, 1.82) is 0 Å². The zero-order chi connectivity index (χ0) is 15.5. The molecule has 0 saturated carbocycles. The number of halogens is 2. The Morgan fingerprint density at radius 1 is 1.33 bits per heavy atom. The number of H-pyrrole nitrogens is 1. The average Bonchev–Trinajstić information content (AvgIpc) is 2.96. The molecule has 4 nitrogen and oxygen atoms in total. The number of fused-ring (bicyclic) bond motifs is 1. The standard InChI is InChI=1S/C13H13F2N3O.C2H6/c14-13(15)2-5-18(6-3-13)12(19)10-7-9-1-4-16-11(9)17-8-10;1-2/h1,4,7-8H,2-3,5-6H2,(H,16,17);1-2H3. The third-order valence-electron chi connectivity index (χ3n) is 3.43. The summed E-state index contributed by atoms with van der Waals surface area (Å²) in [6.45, 7) is 4.19. The Bertz CT molecular complexity index is 614. The maximum absolute atomic E-state index is 13.1. The highest BCUT2D eigenvalue weighted by molar-refractivity contribution is 5.97. The number of hydrogen-bond acceptors (Lipinski definition) is 2. The molecule has 3 rings (SSSR count). The van der Waals surface area contributed by atoms with Gasteiger partial charge in [-0.2, -0.15) is 0 Å². The van der Waals surface area contributed by atoms with Gasteiger partial charge >= 0.3 is 0 Å². The van der Waals surface area contributed by atoms with Crippen molar-refractivity contribution >= 4 is 16.9 Å². The van der Waals surface area contributed by atoms with Gasteiger partial charge in [0.25, 0.3) is 11.8 Å². The van der Waals surface area contributed by atoms with E-state index in [0.717, 1.165) is 5.39 Å². The predicted molar refractivity (Wildman–Crippen MR) is 77.5 cm³/mol. The van der Waals surface area contributed by atoms with E-state index < -0.39 is 5.92 Å². The Morgan fingerprint density at radius 3 is 2.67 bits per heavy atom. The van der Waals surface area contributed by atoms with E-state index in [9.17, 15) is 13.6 Å². The minimum absolute atomic E-state index is 0.0943. The summed E-state index contributed by atoms with van der Waals surface area (Å²) in [6.07, 6.45) is 2.69. The van der Waals surface area contributed by atoms with Crippen molar-refractivity contribution in [1.82, 2.24) is 14.9 Å². The van der Waals surface area contributed by atoms with Crippen LogP contribution >= 0.6 is 0 Å². The number of piperidine rings is 1. The smallest absolute Gasteiger partial charge is 0.255 e. The van der Waals surface area contributed by atoms with Crippen molar-refractivity contribution in [2.75, 3.05) is 13.1 Å². The largest absolute Gasteiger partial charge is 0.346 e. The Labute approximate surface area is 122 Å². The predicted octanol–water partition coefficient (Wildman–Crippen LogP) is 3.46. The number of nitrogens with one attached hydrogen (secondary N) is 1. The molecule has 0 bridgehead atoms. The lowest BCUT2D eigenvalue weighted by Gasteiger charge is -2.31. The summed E-state index contributed by atoms with van der Waals surface area (Å²) in [7, 11) is 0. The Kier molecular flexibility index (Phi) is 4.55. The second kappa shape index (κ2) is 6.20. The lowest BCUT2D eigenvalue weighted by molar-refractivity contribution is -0.0494. The monoisotopic (exact) mass is 295 g/mol. The second-order valence-electron chi connectivity index (χ2n) is 4.79. The van der Waals surface area contributed by atoms with Crippen LogP contribution in [0.2, 0.25) is 0 Å². The number of pyridine rings is 1. The molecule has 2 aromatic heterocycles. The molecule has 1 aliphatic heterocycles. The van der Waals surface area contributed by atoms with Gasteiger partial charge in [0.05, 0.1) is 5.56 Å². The second-order valence-corrected chi connectivity index (χ2v) is 4.79. The zero-order valence-electron chi connectivity index (χ0n) is 12.2. The molecule has 1 N–H and O–H groups in total. The number of hydrogen-bond donors (Lipinski definition) is 1. The highest BCUT2D eigenvalue weighted by atomic mass is 19.3. The summed E-state index contributed by atoms with van der Waals surface area (Å²) in [4.78, 5) is 20.7. The van der Waals surface area contributed by atoms with E-state index in [2.05, 4.69) is 9.97 Å². The molecule has 21 heavy (non-hydrogen) atoms. The molecule has 2 aromatic rings. The van der Waals surface area contributed by atoms with Gasteiger partial charge in [0, 0.05) is 43.7 Å². The molecule has 0 atom stereocenters. The fourth-order valence-electron chi connectivity index (χ4n) is 2.28. The van der Waals surface area contributed by atoms with Crippen LogP contribution in [0.4, 0.5) is 8.78 Å². The zero-order valence-corrected chi connectivity index (χ0v) is 12.2. The number of alkyl halides is 2. The van der Waals surface area contributed by atoms with Crippen LogP contribution in [-0.4, -0.2) is 39.8 Å². The van der Waals surface area contributed by atoms with Gasteiger partial charge in [-0.3, -0.25) is 4.79 Å². The van der Waals surface area contributed by atoms with E-state index in [1.165, 1.54) is 11.1 Å². The van der Waals surface area contributed by atoms with Crippen LogP contribution in [0.1, 0.15) is 37.0 Å². The maximum atomic E-state index is 13.1. The van der Waals surface area contributed by atoms with Gasteiger partial charge in [-0.05, 0) is 12.1 Å². The molecule has 0 aliphatic carbocycles. The summed E-state index contributed by atoms with van der Waals surface area (Å²) in [5.74, 6) is -2.87. The minimum Gasteiger partial charge on any atom is -0.346 e. The lowest BCUT2D eigenvalue weighted by Crippen LogP contribution is -2.42. The SMILES string of the molecule is CC.O=C(c1cnc2[nH]ccc2c1)N1CCC(F)(F)CC1. The molecule has 6 heteroatoms. The first-order valence-electron chi connectivity index (χ1n) is 7.15. The molecule has 0 aromatic carbocycles. The third kappa shape index (κ3) is 3.37. The number of rotatable bonds is 1. The minimum atomic E-state index is -2.64. The molecular weight excluding hydrogens is 276 g/mol. The van der Waals surface area contributed by atoms with Crippen molar-refractivity contribution in [3.8, 4) is 0 Å². The van der Waals surface area contributed by atoms with E-state index in [4.69, 9.17) is 0 Å². The maximum Gasteiger partial charge on any atom is 0.255 e. The van der Waals surface area contributed by atoms with Crippen LogP contribution in [0.3, 0.4) is 0 Å².